The van der Waals surface area contributed by atoms with Crippen LogP contribution in [0, 0.1) is 13.8 Å². The summed E-state index contributed by atoms with van der Waals surface area (Å²) >= 11 is 0. The molecule has 0 aliphatic rings. The molecule has 150 valence electrons. The number of ether oxygens (including phenoxy) is 1. The predicted octanol–water partition coefficient (Wildman–Crippen LogP) is 4.90. The van der Waals surface area contributed by atoms with Crippen LogP contribution in [0.3, 0.4) is 0 Å². The molecule has 0 aliphatic carbocycles. The van der Waals surface area contributed by atoms with Crippen LogP contribution in [0.1, 0.15) is 35.7 Å². The Labute approximate surface area is 172 Å². The van der Waals surface area contributed by atoms with Gasteiger partial charge in [-0.25, -0.2) is 9.97 Å². The normalized spacial score (nSPS) is 10.6. The maximum atomic E-state index is 12.6. The maximum absolute atomic E-state index is 12.6. The van der Waals surface area contributed by atoms with Gasteiger partial charge in [-0.3, -0.25) is 4.79 Å². The number of nitrogens with zero attached hydrogens (tertiary/aromatic N) is 2. The van der Waals surface area contributed by atoms with Crippen LogP contribution in [0.2, 0.25) is 0 Å². The third-order valence-corrected chi connectivity index (χ3v) is 4.91. The van der Waals surface area contributed by atoms with Gasteiger partial charge >= 0.3 is 0 Å². The molecule has 29 heavy (non-hydrogen) atoms. The average molecular weight is 389 g/mol. The Morgan fingerprint density at radius 3 is 2.48 bits per heavy atom. The highest BCUT2D eigenvalue weighted by Gasteiger charge is 2.12. The largest absolute Gasteiger partial charge is 0.497 e. The van der Waals surface area contributed by atoms with Crippen LogP contribution in [-0.2, 0) is 17.6 Å². The minimum atomic E-state index is -0.0860. The van der Waals surface area contributed by atoms with Gasteiger partial charge in [0.25, 0.3) is 0 Å². The lowest BCUT2D eigenvalue weighted by Gasteiger charge is -2.12. The van der Waals surface area contributed by atoms with Gasteiger partial charge in [0.15, 0.2) is 5.82 Å². The van der Waals surface area contributed by atoms with E-state index in [1.807, 2.05) is 36.4 Å². The van der Waals surface area contributed by atoms with Gasteiger partial charge in [0.1, 0.15) is 5.75 Å². The lowest BCUT2D eigenvalue weighted by Crippen LogP contribution is -2.17. The van der Waals surface area contributed by atoms with Crippen LogP contribution in [-0.4, -0.2) is 23.0 Å². The van der Waals surface area contributed by atoms with Crippen molar-refractivity contribution in [3.63, 3.8) is 0 Å². The first-order valence-electron chi connectivity index (χ1n) is 9.86. The molecule has 0 aliphatic heterocycles. The quantitative estimate of drug-likeness (QED) is 0.624. The number of methoxy groups -OCH3 is 1. The van der Waals surface area contributed by atoms with E-state index < -0.39 is 0 Å². The van der Waals surface area contributed by atoms with Gasteiger partial charge in [-0.1, -0.05) is 31.5 Å². The number of rotatable bonds is 7. The van der Waals surface area contributed by atoms with Crippen molar-refractivity contribution in [2.45, 2.75) is 40.0 Å². The molecule has 3 rings (SSSR count). The molecule has 3 aromatic rings. The third-order valence-electron chi connectivity index (χ3n) is 4.91. The Balaban J connectivity index is 1.78. The second-order valence-corrected chi connectivity index (χ2v) is 7.17. The van der Waals surface area contributed by atoms with Gasteiger partial charge in [-0.15, -0.1) is 0 Å². The molecule has 1 heterocycles. The molecule has 0 spiro atoms. The summed E-state index contributed by atoms with van der Waals surface area (Å²) in [6.07, 6.45) is 3.68. The summed E-state index contributed by atoms with van der Waals surface area (Å²) < 4.78 is 5.21. The molecule has 1 amide bonds. The fraction of sp³-hybridized carbons (Fsp3) is 0.292. The molecule has 0 saturated heterocycles. The van der Waals surface area contributed by atoms with Crippen LogP contribution in [0.5, 0.6) is 5.75 Å². The molecule has 0 bridgehead atoms. The van der Waals surface area contributed by atoms with Crippen LogP contribution in [0.4, 0.5) is 5.82 Å². The first-order chi connectivity index (χ1) is 14.0. The molecule has 0 radical (unpaired) electrons. The molecule has 0 unspecified atom stereocenters. The summed E-state index contributed by atoms with van der Waals surface area (Å²) in [5, 5.41) is 2.94. The van der Waals surface area contributed by atoms with E-state index in [2.05, 4.69) is 37.1 Å². The van der Waals surface area contributed by atoms with Gasteiger partial charge in [-0.2, -0.15) is 0 Å². The molecule has 1 N–H and O–H groups in total. The van der Waals surface area contributed by atoms with Crippen molar-refractivity contribution in [1.29, 1.82) is 0 Å². The zero-order valence-electron chi connectivity index (χ0n) is 17.5. The van der Waals surface area contributed by atoms with E-state index in [0.29, 0.717) is 12.2 Å². The van der Waals surface area contributed by atoms with E-state index in [1.54, 1.807) is 13.3 Å². The topological polar surface area (TPSA) is 64.1 Å². The van der Waals surface area contributed by atoms with Gasteiger partial charge in [-0.05, 0) is 61.2 Å². The first kappa shape index (κ1) is 20.5. The van der Waals surface area contributed by atoms with Crippen LogP contribution < -0.4 is 10.1 Å². The smallest absolute Gasteiger partial charge is 0.229 e. The molecular weight excluding hydrogens is 362 g/mol. The Morgan fingerprint density at radius 1 is 1.07 bits per heavy atom. The van der Waals surface area contributed by atoms with Crippen LogP contribution in [0.25, 0.3) is 11.3 Å². The average Bonchev–Trinajstić information content (AvgIpc) is 2.72. The summed E-state index contributed by atoms with van der Waals surface area (Å²) in [6.45, 7) is 6.21. The number of benzene rings is 2. The van der Waals surface area contributed by atoms with Crippen molar-refractivity contribution in [2.75, 3.05) is 12.4 Å². The molecule has 0 fully saturated rings. The number of hydrogen-bond acceptors (Lipinski definition) is 4. The highest BCUT2D eigenvalue weighted by atomic mass is 16.5. The van der Waals surface area contributed by atoms with Gasteiger partial charge in [0.05, 0.1) is 31.1 Å². The number of anilines is 1. The SMILES string of the molecule is CCCc1nc(-c2ccc(OC)cc2)cnc1NC(=O)Cc1ccc(C)c(C)c1. The van der Waals surface area contributed by atoms with Crippen LogP contribution >= 0.6 is 0 Å². The van der Waals surface area contributed by atoms with Crippen LogP contribution in [0.15, 0.2) is 48.7 Å². The molecule has 2 aromatic carbocycles. The van der Waals surface area contributed by atoms with Crippen molar-refractivity contribution < 1.29 is 9.53 Å². The lowest BCUT2D eigenvalue weighted by molar-refractivity contribution is -0.115. The summed E-state index contributed by atoms with van der Waals surface area (Å²) in [5.74, 6) is 1.25. The molecule has 0 atom stereocenters. The van der Waals surface area contributed by atoms with Crippen molar-refractivity contribution in [1.82, 2.24) is 9.97 Å². The lowest BCUT2D eigenvalue weighted by atomic mass is 10.0. The molecular formula is C24H27N3O2. The fourth-order valence-corrected chi connectivity index (χ4v) is 3.12. The van der Waals surface area contributed by atoms with Crippen molar-refractivity contribution >= 4 is 11.7 Å². The van der Waals surface area contributed by atoms with Gasteiger partial charge in [0, 0.05) is 5.56 Å². The predicted molar refractivity (Wildman–Crippen MR) is 116 cm³/mol. The number of hydrogen-bond donors (Lipinski definition) is 1. The molecule has 0 saturated carbocycles. The second kappa shape index (κ2) is 9.32. The standard InChI is InChI=1S/C24H27N3O2/c1-5-6-21-24(27-23(28)14-18-8-7-16(2)17(3)13-18)25-15-22(26-21)19-9-11-20(29-4)12-10-19/h7-13,15H,5-6,14H2,1-4H3,(H,25,27,28). The van der Waals surface area contributed by atoms with E-state index in [-0.39, 0.29) is 5.91 Å². The molecule has 1 aromatic heterocycles. The molecule has 5 heteroatoms. The summed E-state index contributed by atoms with van der Waals surface area (Å²) in [4.78, 5) is 21.8. The van der Waals surface area contributed by atoms with E-state index in [1.165, 1.54) is 11.1 Å². The third kappa shape index (κ3) is 5.19. The number of carbonyl (C=O) groups excluding carboxylic acids is 1. The Hall–Kier alpha value is -3.21. The Morgan fingerprint density at radius 2 is 1.83 bits per heavy atom. The Kier molecular flexibility index (Phi) is 6.60. The number of amides is 1. The Bertz CT molecular complexity index is 998. The van der Waals surface area contributed by atoms with Gasteiger partial charge < -0.3 is 10.1 Å². The highest BCUT2D eigenvalue weighted by molar-refractivity contribution is 5.92. The molecule has 5 nitrogen and oxygen atoms in total. The second-order valence-electron chi connectivity index (χ2n) is 7.17. The summed E-state index contributed by atoms with van der Waals surface area (Å²) in [5.41, 5.74) is 5.94. The van der Waals surface area contributed by atoms with Crippen molar-refractivity contribution in [2.24, 2.45) is 0 Å². The minimum Gasteiger partial charge on any atom is -0.497 e. The monoisotopic (exact) mass is 389 g/mol. The van der Waals surface area contributed by atoms with Crippen molar-refractivity contribution in [3.05, 3.63) is 71.0 Å². The first-order valence-corrected chi connectivity index (χ1v) is 9.86. The van der Waals surface area contributed by atoms with E-state index in [9.17, 15) is 4.79 Å². The van der Waals surface area contributed by atoms with Gasteiger partial charge in [0.2, 0.25) is 5.91 Å². The number of aromatic nitrogens is 2. The number of carbonyl (C=O) groups is 1. The highest BCUT2D eigenvalue weighted by Crippen LogP contribution is 2.23. The number of nitrogens with one attached hydrogen (secondary N) is 1. The number of aryl methyl sites for hydroxylation is 3. The van der Waals surface area contributed by atoms with Crippen molar-refractivity contribution in [3.8, 4) is 17.0 Å². The van der Waals surface area contributed by atoms with E-state index >= 15 is 0 Å². The van der Waals surface area contributed by atoms with E-state index in [0.717, 1.165) is 41.1 Å². The maximum Gasteiger partial charge on any atom is 0.229 e. The summed E-state index contributed by atoms with van der Waals surface area (Å²) in [6, 6.07) is 13.8. The van der Waals surface area contributed by atoms with E-state index in [4.69, 9.17) is 9.72 Å². The zero-order chi connectivity index (χ0) is 20.8. The fourth-order valence-electron chi connectivity index (χ4n) is 3.12. The summed E-state index contributed by atoms with van der Waals surface area (Å²) in [7, 11) is 1.64. The minimum absolute atomic E-state index is 0.0860. The zero-order valence-corrected chi connectivity index (χ0v) is 17.5.